The Bertz CT molecular complexity index is 4380. The Morgan fingerprint density at radius 3 is 2.14 bits per heavy atom. The highest BCUT2D eigenvalue weighted by molar-refractivity contribution is 6.00. The Labute approximate surface area is 675 Å². The van der Waals surface area contributed by atoms with Gasteiger partial charge >= 0.3 is 0 Å². The van der Waals surface area contributed by atoms with Crippen LogP contribution in [0.25, 0.3) is 10.9 Å². The quantitative estimate of drug-likeness (QED) is 0.0556. The van der Waals surface area contributed by atoms with Crippen molar-refractivity contribution in [3.8, 4) is 5.75 Å². The lowest BCUT2D eigenvalue weighted by Crippen LogP contribution is -2.64. The molecule has 10 atom stereocenters. The summed E-state index contributed by atoms with van der Waals surface area (Å²) in [6.07, 6.45) is 2.92. The van der Waals surface area contributed by atoms with Crippen LogP contribution in [0.2, 0.25) is 0 Å². The maximum atomic E-state index is 16.3. The van der Waals surface area contributed by atoms with E-state index in [0.717, 1.165) is 39.9 Å². The molecule has 6 aliphatic rings. The van der Waals surface area contributed by atoms with Gasteiger partial charge in [-0.25, -0.2) is 4.39 Å². The SMILES string of the molecule is COc1ccc(C[C@@H]2NC(=O)[C@H]([C@@H](C)O)NC(=O)[C@@H]3[C@@H]4CCN3C(=O)[C@@H]3Cc5cn(c6ccc(F)cc56)CCCCCCN(Cc5ccc(cc5)CCNC(=O)[C@]5(C)CCCN5C2=O)C(=O)CCC(=O)N[C@@H](C)C(=O)N[C@H](CNC(=O)CNC(=O)CCCCC[N+](C)(C)C)C(=O)N[C@@H](Cc2cccc(c2)CNC(=O)CO4)C(=O)N3)cc1. The monoisotopic (exact) mass is 1610 g/mol. The summed E-state index contributed by atoms with van der Waals surface area (Å²) in [4.78, 5) is 196. The molecule has 13 amide bonds. The van der Waals surface area contributed by atoms with Crippen molar-refractivity contribution >= 4 is 87.7 Å². The lowest BCUT2D eigenvalue weighted by atomic mass is 9.95. The van der Waals surface area contributed by atoms with Crippen LogP contribution >= 0.6 is 0 Å². The highest BCUT2D eigenvalue weighted by atomic mass is 19.1. The third-order valence-electron chi connectivity index (χ3n) is 22.2. The molecule has 0 aliphatic carbocycles. The first-order valence-corrected chi connectivity index (χ1v) is 40.4. The van der Waals surface area contributed by atoms with E-state index >= 15 is 33.2 Å². The molecule has 11 N–H and O–H groups in total. The summed E-state index contributed by atoms with van der Waals surface area (Å²) in [5.41, 5.74) is 2.61. The summed E-state index contributed by atoms with van der Waals surface area (Å²) in [5.74, 6) is -10.1. The third-order valence-corrected chi connectivity index (χ3v) is 22.2. The van der Waals surface area contributed by atoms with Gasteiger partial charge < -0.3 is 91.5 Å². The maximum Gasteiger partial charge on any atom is 0.246 e. The van der Waals surface area contributed by atoms with Gasteiger partial charge in [-0.05, 0) is 142 Å². The van der Waals surface area contributed by atoms with E-state index in [1.807, 2.05) is 28.8 Å². The number of carbonyl (C=O) groups is 13. The number of aliphatic hydroxyl groups is 1. The molecule has 4 aromatic carbocycles. The molecule has 0 saturated carbocycles. The smallest absolute Gasteiger partial charge is 0.246 e. The minimum absolute atomic E-state index is 0.102. The lowest BCUT2D eigenvalue weighted by Gasteiger charge is -2.37. The van der Waals surface area contributed by atoms with E-state index in [9.17, 15) is 38.7 Å². The molecule has 32 heteroatoms. The van der Waals surface area contributed by atoms with Gasteiger partial charge in [-0.15, -0.1) is 0 Å². The van der Waals surface area contributed by atoms with E-state index in [2.05, 4.69) is 74.3 Å². The van der Waals surface area contributed by atoms with E-state index in [1.54, 1.807) is 72.6 Å². The van der Waals surface area contributed by atoms with Crippen LogP contribution in [-0.2, 0) is 112 Å². The summed E-state index contributed by atoms with van der Waals surface area (Å²) in [5, 5.41) is 39.4. The largest absolute Gasteiger partial charge is 0.497 e. The number of amides is 13. The summed E-state index contributed by atoms with van der Waals surface area (Å²) in [6.45, 7) is 4.04. The van der Waals surface area contributed by atoms with Crippen LogP contribution in [0.4, 0.5) is 4.39 Å². The van der Waals surface area contributed by atoms with Crippen LogP contribution in [0.5, 0.6) is 5.75 Å². The van der Waals surface area contributed by atoms with Gasteiger partial charge in [0, 0.05) is 108 Å². The fourth-order valence-electron chi connectivity index (χ4n) is 15.6. The molecular weight excluding hydrogens is 1490 g/mol. The molecule has 1 aromatic heterocycles. The molecule has 626 valence electrons. The van der Waals surface area contributed by atoms with Crippen molar-refractivity contribution in [3.63, 3.8) is 0 Å². The minimum atomic E-state index is -1.87. The number of aromatic nitrogens is 1. The van der Waals surface area contributed by atoms with E-state index < -0.39 is 163 Å². The van der Waals surface area contributed by atoms with Gasteiger partial charge in [-0.1, -0.05) is 73.5 Å². The van der Waals surface area contributed by atoms with Gasteiger partial charge in [-0.2, -0.15) is 0 Å². The number of methoxy groups -OCH3 is 1. The highest BCUT2D eigenvalue weighted by Gasteiger charge is 2.50. The zero-order valence-corrected chi connectivity index (χ0v) is 67.4. The number of carbonyl (C=O) groups excluding carboxylic acids is 13. The Hall–Kier alpha value is -10.9. The molecule has 0 radical (unpaired) electrons. The first-order valence-electron chi connectivity index (χ1n) is 40.4. The molecular formula is C84H113FN15O16+. The van der Waals surface area contributed by atoms with E-state index in [0.29, 0.717) is 90.4 Å². The topological polar surface area (TPSA) is 396 Å². The average molecular weight is 1610 g/mol. The summed E-state index contributed by atoms with van der Waals surface area (Å²) in [6, 6.07) is 13.5. The van der Waals surface area contributed by atoms with Crippen molar-refractivity contribution in [2.24, 2.45) is 0 Å². The van der Waals surface area contributed by atoms with E-state index in [4.69, 9.17) is 9.47 Å². The predicted molar refractivity (Wildman–Crippen MR) is 426 cm³/mol. The molecule has 0 unspecified atom stereocenters. The van der Waals surface area contributed by atoms with E-state index in [-0.39, 0.29) is 90.1 Å². The van der Waals surface area contributed by atoms with Gasteiger partial charge in [0.25, 0.3) is 0 Å². The first-order chi connectivity index (χ1) is 55.4. The number of aryl methyl sites for hydroxylation is 1. The van der Waals surface area contributed by atoms with Gasteiger partial charge in [0.1, 0.15) is 66.0 Å². The normalized spacial score (nSPS) is 24.4. The highest BCUT2D eigenvalue weighted by Crippen LogP contribution is 2.32. The predicted octanol–water partition coefficient (Wildman–Crippen LogP) is 1.68. The summed E-state index contributed by atoms with van der Waals surface area (Å²) in [7, 11) is 7.70. The van der Waals surface area contributed by atoms with Crippen molar-refractivity contribution in [1.29, 1.82) is 0 Å². The minimum Gasteiger partial charge on any atom is -0.497 e. The van der Waals surface area contributed by atoms with Crippen LogP contribution in [0, 0.1) is 5.82 Å². The number of benzene rings is 4. The molecule has 2 fully saturated rings. The van der Waals surface area contributed by atoms with Crippen LogP contribution in [0.1, 0.15) is 138 Å². The molecule has 11 rings (SSSR count). The van der Waals surface area contributed by atoms with Gasteiger partial charge in [0.05, 0.1) is 53.6 Å². The number of aliphatic hydroxyl groups excluding tert-OH is 1. The molecule has 2 saturated heterocycles. The second-order valence-corrected chi connectivity index (χ2v) is 32.3. The van der Waals surface area contributed by atoms with Crippen LogP contribution in [0.15, 0.2) is 97.2 Å². The van der Waals surface area contributed by atoms with Crippen molar-refractivity contribution in [2.45, 2.75) is 210 Å². The number of halogens is 1. The van der Waals surface area contributed by atoms with Crippen molar-refractivity contribution in [1.82, 2.24) is 72.4 Å². The number of rotatable bonds is 14. The van der Waals surface area contributed by atoms with Crippen molar-refractivity contribution in [3.05, 3.63) is 136 Å². The Kier molecular flexibility index (Phi) is 30.7. The lowest BCUT2D eigenvalue weighted by molar-refractivity contribution is -0.870. The maximum absolute atomic E-state index is 16.3. The standard InChI is InChI=1S/C84H112FN15O16/c1-52-76(107)94-66(47-88-71(104)48-89-69(102)19-11-10-14-40-100(4,5)6)78(109)91-63-43-57-17-15-18-58(41-57)46-87-72(105)51-116-68-33-39-98-75(68)80(111)95-74(53(2)101)79(110)93-64(42-55-24-27-61(115-7)28-25-55)82(113)99-38-16-34-84(99,3)83(114)86-35-32-54-20-22-56(23-21-54)49-97(73(106)31-30-70(103)90-52)37-13-9-8-12-36-96-50-59(44-65(81(98)112)92-77(63)108)62-45-60(85)26-29-67(62)96/h15,17-18,20-29,41,45,50,52-53,63-66,68,74-75,101H,8-14,16,19,30-40,42-44,46-49,51H2,1-7H3,(H9-,86,87,88,89,90,91,92,93,94,95,102,103,104,105,107,108,109,110,111,114)/p+1/t52-,53+,63-,64-,65-,66+,68-,74-,75-,84-/m0/s1. The molecule has 116 heavy (non-hydrogen) atoms. The fraction of sp³-hybridized carbons (Fsp3) is 0.536. The fourth-order valence-corrected chi connectivity index (χ4v) is 15.6. The van der Waals surface area contributed by atoms with Crippen molar-refractivity contribution < 1.29 is 85.8 Å². The Balaban J connectivity index is 1.06. The molecule has 6 aliphatic heterocycles. The number of nitrogens with zero attached hydrogens (tertiary/aromatic N) is 5. The van der Waals surface area contributed by atoms with Gasteiger partial charge in [-0.3, -0.25) is 62.3 Å². The number of hydrogen-bond acceptors (Lipinski definition) is 16. The third kappa shape index (κ3) is 24.1. The van der Waals surface area contributed by atoms with Crippen LogP contribution in [0.3, 0.4) is 0 Å². The second kappa shape index (κ2) is 40.6. The number of quaternary nitrogens is 1. The van der Waals surface area contributed by atoms with Crippen molar-refractivity contribution in [2.75, 3.05) is 80.7 Å². The molecule has 0 spiro atoms. The first kappa shape index (κ1) is 87.5. The number of fused-ring (bicyclic) bond motifs is 16. The number of nitrogens with one attached hydrogen (secondary N) is 10. The number of ether oxygens (including phenoxy) is 2. The zero-order chi connectivity index (χ0) is 83.4. The number of unbranched alkanes of at least 4 members (excludes halogenated alkanes) is 2. The summed E-state index contributed by atoms with van der Waals surface area (Å²) < 4.78 is 30.2. The molecule has 12 bridgehead atoms. The Morgan fingerprint density at radius 1 is 0.672 bits per heavy atom. The summed E-state index contributed by atoms with van der Waals surface area (Å²) >= 11 is 0. The number of hydrogen-bond donors (Lipinski definition) is 11. The second-order valence-electron chi connectivity index (χ2n) is 32.3. The molecule has 5 aromatic rings. The van der Waals surface area contributed by atoms with Gasteiger partial charge in [0.15, 0.2) is 0 Å². The zero-order valence-electron chi connectivity index (χ0n) is 67.4. The van der Waals surface area contributed by atoms with Crippen LogP contribution < -0.4 is 57.9 Å². The average Bonchev–Trinajstić information content (AvgIpc) is 1.61. The van der Waals surface area contributed by atoms with Crippen LogP contribution in [-0.4, -0.2) is 246 Å². The molecule has 31 nitrogen and oxygen atoms in total. The van der Waals surface area contributed by atoms with Gasteiger partial charge in [0.2, 0.25) is 76.8 Å². The molecule has 7 heterocycles. The Morgan fingerprint density at radius 2 is 1.40 bits per heavy atom. The van der Waals surface area contributed by atoms with E-state index in [1.165, 1.54) is 38.0 Å².